The lowest BCUT2D eigenvalue weighted by Crippen LogP contribution is -2.61. The maximum absolute atomic E-state index is 2.66. The molecular formula is C36H23BN2. The molecule has 0 amide bonds. The summed E-state index contributed by atoms with van der Waals surface area (Å²) >= 11 is 0. The van der Waals surface area contributed by atoms with Crippen LogP contribution in [0, 0.1) is 0 Å². The molecule has 39 heavy (non-hydrogen) atoms. The number of para-hydroxylation sites is 3. The SMILES string of the molecule is C1=CC2c3cccc4c3N(c3cc(-c5ccccc5)cc5c3B4c3cccc4c6ccccc6n-5c34)C2C=C1. The first-order valence-corrected chi connectivity index (χ1v) is 13.9. The number of hydrogen-bond donors (Lipinski definition) is 0. The van der Waals surface area contributed by atoms with Crippen LogP contribution < -0.4 is 21.3 Å². The predicted molar refractivity (Wildman–Crippen MR) is 164 cm³/mol. The fourth-order valence-corrected chi connectivity index (χ4v) is 8.03. The summed E-state index contributed by atoms with van der Waals surface area (Å²) in [5.74, 6) is 0.372. The second kappa shape index (κ2) is 7.01. The van der Waals surface area contributed by atoms with Gasteiger partial charge in [-0.15, -0.1) is 0 Å². The maximum Gasteiger partial charge on any atom is 0.252 e. The highest BCUT2D eigenvalue weighted by Crippen LogP contribution is 2.50. The molecule has 2 unspecified atom stereocenters. The number of benzene rings is 5. The van der Waals surface area contributed by atoms with Crippen LogP contribution in [0.3, 0.4) is 0 Å². The third-order valence-corrected chi connectivity index (χ3v) is 9.48. The van der Waals surface area contributed by atoms with Crippen LogP contribution in [0.5, 0.6) is 0 Å². The average Bonchev–Trinajstić information content (AvgIpc) is 3.52. The molecule has 4 heterocycles. The molecule has 4 aliphatic rings. The Morgan fingerprint density at radius 2 is 1.38 bits per heavy atom. The number of anilines is 2. The van der Waals surface area contributed by atoms with Crippen LogP contribution >= 0.6 is 0 Å². The zero-order valence-corrected chi connectivity index (χ0v) is 21.3. The Bertz CT molecular complexity index is 2100. The second-order valence-corrected chi connectivity index (χ2v) is 11.3. The summed E-state index contributed by atoms with van der Waals surface area (Å²) in [6.07, 6.45) is 9.24. The highest BCUT2D eigenvalue weighted by Gasteiger charge is 2.48. The fraction of sp³-hybridized carbons (Fsp3) is 0.0556. The molecule has 1 aliphatic carbocycles. The van der Waals surface area contributed by atoms with Crippen LogP contribution in [0.1, 0.15) is 11.5 Å². The van der Waals surface area contributed by atoms with E-state index in [9.17, 15) is 0 Å². The van der Waals surface area contributed by atoms with Crippen LogP contribution in [-0.2, 0) is 0 Å². The molecule has 180 valence electrons. The van der Waals surface area contributed by atoms with Crippen molar-refractivity contribution in [3.05, 3.63) is 133 Å². The van der Waals surface area contributed by atoms with Gasteiger partial charge in [0.15, 0.2) is 0 Å². The highest BCUT2D eigenvalue weighted by atomic mass is 15.2. The minimum Gasteiger partial charge on any atom is -0.334 e. The van der Waals surface area contributed by atoms with Crippen molar-refractivity contribution >= 4 is 56.3 Å². The molecule has 10 rings (SSSR count). The zero-order chi connectivity index (χ0) is 25.2. The van der Waals surface area contributed by atoms with Crippen LogP contribution in [0.25, 0.3) is 38.6 Å². The summed E-state index contributed by atoms with van der Waals surface area (Å²) in [5, 5.41) is 2.67. The van der Waals surface area contributed by atoms with Crippen LogP contribution in [0.15, 0.2) is 127 Å². The first-order valence-electron chi connectivity index (χ1n) is 13.9. The first-order chi connectivity index (χ1) is 19.4. The van der Waals surface area contributed by atoms with E-state index < -0.39 is 0 Å². The molecule has 2 nitrogen and oxygen atoms in total. The maximum atomic E-state index is 2.66. The summed E-state index contributed by atoms with van der Waals surface area (Å²) in [5.41, 5.74) is 15.0. The van der Waals surface area contributed by atoms with Crippen molar-refractivity contribution in [3.8, 4) is 16.8 Å². The van der Waals surface area contributed by atoms with Gasteiger partial charge in [-0.1, -0.05) is 109 Å². The molecule has 0 saturated carbocycles. The van der Waals surface area contributed by atoms with Gasteiger partial charge in [0.1, 0.15) is 0 Å². The summed E-state index contributed by atoms with van der Waals surface area (Å²) in [6.45, 7) is 0.208. The Balaban J connectivity index is 1.42. The van der Waals surface area contributed by atoms with Crippen molar-refractivity contribution in [3.63, 3.8) is 0 Å². The van der Waals surface area contributed by atoms with Crippen LogP contribution in [-0.4, -0.2) is 17.3 Å². The molecule has 0 N–H and O–H groups in total. The molecule has 0 fully saturated rings. The quantitative estimate of drug-likeness (QED) is 0.243. The fourth-order valence-electron chi connectivity index (χ4n) is 8.03. The van der Waals surface area contributed by atoms with Crippen molar-refractivity contribution in [1.29, 1.82) is 0 Å². The van der Waals surface area contributed by atoms with Gasteiger partial charge < -0.3 is 9.47 Å². The average molecular weight is 494 g/mol. The van der Waals surface area contributed by atoms with Gasteiger partial charge in [-0.2, -0.15) is 0 Å². The highest BCUT2D eigenvalue weighted by molar-refractivity contribution is 7.00. The minimum atomic E-state index is 0.208. The summed E-state index contributed by atoms with van der Waals surface area (Å²) in [4.78, 5) is 2.66. The van der Waals surface area contributed by atoms with Crippen molar-refractivity contribution in [2.75, 3.05) is 4.90 Å². The molecule has 6 aromatic rings. The number of hydrogen-bond acceptors (Lipinski definition) is 1. The monoisotopic (exact) mass is 494 g/mol. The molecule has 5 aromatic carbocycles. The number of nitrogens with zero attached hydrogens (tertiary/aromatic N) is 2. The van der Waals surface area contributed by atoms with Gasteiger partial charge in [0, 0.05) is 39.3 Å². The first kappa shape index (κ1) is 20.2. The van der Waals surface area contributed by atoms with Gasteiger partial charge in [0.2, 0.25) is 0 Å². The molecule has 3 aliphatic heterocycles. The van der Waals surface area contributed by atoms with Gasteiger partial charge in [-0.05, 0) is 51.3 Å². The Hall–Kier alpha value is -4.76. The van der Waals surface area contributed by atoms with E-state index in [0.717, 1.165) is 0 Å². The summed E-state index contributed by atoms with van der Waals surface area (Å²) < 4.78 is 2.56. The third-order valence-electron chi connectivity index (χ3n) is 9.48. The largest absolute Gasteiger partial charge is 0.334 e. The molecule has 1 aromatic heterocycles. The van der Waals surface area contributed by atoms with E-state index in [4.69, 9.17) is 0 Å². The summed E-state index contributed by atoms with van der Waals surface area (Å²) in [7, 11) is 0. The van der Waals surface area contributed by atoms with E-state index in [1.165, 1.54) is 71.9 Å². The molecule has 0 spiro atoms. The summed E-state index contributed by atoms with van der Waals surface area (Å²) in [6, 6.07) is 39.0. The van der Waals surface area contributed by atoms with E-state index in [0.29, 0.717) is 12.0 Å². The van der Waals surface area contributed by atoms with Gasteiger partial charge >= 0.3 is 0 Å². The van der Waals surface area contributed by atoms with Crippen LogP contribution in [0.4, 0.5) is 11.4 Å². The van der Waals surface area contributed by atoms with E-state index in [1.807, 2.05) is 0 Å². The van der Waals surface area contributed by atoms with E-state index in [1.54, 1.807) is 0 Å². The topological polar surface area (TPSA) is 8.17 Å². The van der Waals surface area contributed by atoms with Crippen LogP contribution in [0.2, 0.25) is 0 Å². The number of fused-ring (bicyclic) bond motifs is 10. The third kappa shape index (κ3) is 2.36. The van der Waals surface area contributed by atoms with E-state index in [2.05, 4.69) is 137 Å². The van der Waals surface area contributed by atoms with Crippen molar-refractivity contribution in [2.24, 2.45) is 0 Å². The zero-order valence-electron chi connectivity index (χ0n) is 21.3. The van der Waals surface area contributed by atoms with Crippen molar-refractivity contribution in [1.82, 2.24) is 4.57 Å². The molecule has 2 atom stereocenters. The number of allylic oxidation sites excluding steroid dienone is 2. The van der Waals surface area contributed by atoms with Gasteiger partial charge in [0.25, 0.3) is 6.71 Å². The van der Waals surface area contributed by atoms with E-state index in [-0.39, 0.29) is 6.71 Å². The molecular weight excluding hydrogens is 471 g/mol. The number of aromatic nitrogens is 1. The Morgan fingerprint density at radius 1 is 0.615 bits per heavy atom. The lowest BCUT2D eigenvalue weighted by molar-refractivity contribution is 0.745. The smallest absolute Gasteiger partial charge is 0.252 e. The van der Waals surface area contributed by atoms with E-state index >= 15 is 0 Å². The minimum absolute atomic E-state index is 0.208. The molecule has 0 bridgehead atoms. The Morgan fingerprint density at radius 3 is 2.33 bits per heavy atom. The van der Waals surface area contributed by atoms with Gasteiger partial charge in [0.05, 0.1) is 11.6 Å². The van der Waals surface area contributed by atoms with Gasteiger partial charge in [-0.3, -0.25) is 0 Å². The molecule has 3 heteroatoms. The Kier molecular flexibility index (Phi) is 3.64. The molecule has 0 saturated heterocycles. The lowest BCUT2D eigenvalue weighted by Gasteiger charge is -2.41. The lowest BCUT2D eigenvalue weighted by atomic mass is 9.33. The van der Waals surface area contributed by atoms with Crippen molar-refractivity contribution < 1.29 is 0 Å². The Labute approximate surface area is 227 Å². The molecule has 0 radical (unpaired) electrons. The predicted octanol–water partition coefficient (Wildman–Crippen LogP) is 6.32. The standard InChI is InChI=1S/C36H23BN2/c1-2-10-22(11-3-1)23-20-32-34-33(21-23)39-31-19-7-5-13-25(31)27-15-9-17-29(36(27)39)37(34)28-16-8-14-26-24-12-4-6-18-30(24)38(32)35(26)28/h1-21,24,30H. The van der Waals surface area contributed by atoms with Gasteiger partial charge in [-0.25, -0.2) is 0 Å². The number of rotatable bonds is 1. The normalized spacial score (nSPS) is 19.0. The van der Waals surface area contributed by atoms with Crippen molar-refractivity contribution in [2.45, 2.75) is 12.0 Å². The second-order valence-electron chi connectivity index (χ2n) is 11.3.